The first-order chi connectivity index (χ1) is 10.0. The lowest BCUT2D eigenvalue weighted by atomic mass is 10.1. The minimum atomic E-state index is -0.0207. The first-order valence-corrected chi connectivity index (χ1v) is 8.16. The summed E-state index contributed by atoms with van der Waals surface area (Å²) in [5.41, 5.74) is 2.44. The fourth-order valence-corrected chi connectivity index (χ4v) is 2.93. The van der Waals surface area contributed by atoms with E-state index in [4.69, 9.17) is 0 Å². The Bertz CT molecular complexity index is 484. The highest BCUT2D eigenvalue weighted by molar-refractivity contribution is 5.84. The van der Waals surface area contributed by atoms with Crippen LogP contribution in [0.1, 0.15) is 57.3 Å². The van der Waals surface area contributed by atoms with E-state index in [0.29, 0.717) is 5.92 Å². The molecule has 0 aliphatic carbocycles. The van der Waals surface area contributed by atoms with Crippen LogP contribution >= 0.6 is 0 Å². The molecule has 0 saturated carbocycles. The van der Waals surface area contributed by atoms with Crippen LogP contribution in [-0.2, 0) is 4.79 Å². The lowest BCUT2D eigenvalue weighted by molar-refractivity contribution is -0.130. The lowest BCUT2D eigenvalue weighted by Crippen LogP contribution is -2.32. The lowest BCUT2D eigenvalue weighted by Gasteiger charge is -2.25. The number of carbonyl (C=O) groups is 1. The van der Waals surface area contributed by atoms with Crippen LogP contribution in [0.4, 0.5) is 0 Å². The molecular formula is C18H28N2O. The van der Waals surface area contributed by atoms with Crippen LogP contribution in [-0.4, -0.2) is 23.4 Å². The minimum absolute atomic E-state index is 0.0207. The zero-order valence-corrected chi connectivity index (χ0v) is 13.7. The monoisotopic (exact) mass is 288 g/mol. The van der Waals surface area contributed by atoms with E-state index in [1.54, 1.807) is 0 Å². The Labute approximate surface area is 128 Å². The van der Waals surface area contributed by atoms with Gasteiger partial charge in [0.05, 0.1) is 6.04 Å². The van der Waals surface area contributed by atoms with E-state index in [9.17, 15) is 4.79 Å². The van der Waals surface area contributed by atoms with Gasteiger partial charge in [-0.3, -0.25) is 10.1 Å². The molecule has 1 aromatic carbocycles. The molecule has 1 aromatic rings. The van der Waals surface area contributed by atoms with Gasteiger partial charge in [-0.1, -0.05) is 57.0 Å². The summed E-state index contributed by atoms with van der Waals surface area (Å²) in [6.07, 6.45) is 3.03. The SMILES string of the molecule is CCCC1NC(c2cccc(C)c2)N(CCC(C)C)C1=O. The van der Waals surface area contributed by atoms with Crippen molar-refractivity contribution in [3.05, 3.63) is 35.4 Å². The van der Waals surface area contributed by atoms with Crippen LogP contribution in [0.3, 0.4) is 0 Å². The third kappa shape index (κ3) is 3.85. The predicted octanol–water partition coefficient (Wildman–Crippen LogP) is 3.64. The van der Waals surface area contributed by atoms with E-state index < -0.39 is 0 Å². The van der Waals surface area contributed by atoms with Gasteiger partial charge >= 0.3 is 0 Å². The molecule has 21 heavy (non-hydrogen) atoms. The Morgan fingerprint density at radius 3 is 2.71 bits per heavy atom. The average Bonchev–Trinajstić information content (AvgIpc) is 2.74. The summed E-state index contributed by atoms with van der Waals surface area (Å²) < 4.78 is 0. The van der Waals surface area contributed by atoms with Crippen LogP contribution in [0.25, 0.3) is 0 Å². The van der Waals surface area contributed by atoms with E-state index in [-0.39, 0.29) is 18.1 Å². The second kappa shape index (κ2) is 7.08. The predicted molar refractivity (Wildman–Crippen MR) is 86.9 cm³/mol. The molecule has 2 rings (SSSR count). The summed E-state index contributed by atoms with van der Waals surface area (Å²) in [5, 5.41) is 3.54. The topological polar surface area (TPSA) is 32.3 Å². The zero-order chi connectivity index (χ0) is 15.4. The van der Waals surface area contributed by atoms with E-state index in [2.05, 4.69) is 57.3 Å². The number of amides is 1. The number of hydrogen-bond acceptors (Lipinski definition) is 2. The Hall–Kier alpha value is -1.35. The molecule has 1 saturated heterocycles. The number of rotatable bonds is 6. The van der Waals surface area contributed by atoms with Crippen molar-refractivity contribution in [1.82, 2.24) is 10.2 Å². The third-order valence-corrected chi connectivity index (χ3v) is 4.13. The number of hydrogen-bond donors (Lipinski definition) is 1. The number of nitrogens with one attached hydrogen (secondary N) is 1. The van der Waals surface area contributed by atoms with E-state index in [1.807, 2.05) is 4.90 Å². The maximum Gasteiger partial charge on any atom is 0.241 e. The van der Waals surface area contributed by atoms with Crippen molar-refractivity contribution < 1.29 is 4.79 Å². The highest BCUT2D eigenvalue weighted by Crippen LogP contribution is 2.28. The molecule has 116 valence electrons. The molecule has 2 unspecified atom stereocenters. The van der Waals surface area contributed by atoms with Gasteiger partial charge in [0.25, 0.3) is 0 Å². The fourth-order valence-electron chi connectivity index (χ4n) is 2.93. The largest absolute Gasteiger partial charge is 0.322 e. The summed E-state index contributed by atoms with van der Waals surface area (Å²) >= 11 is 0. The van der Waals surface area contributed by atoms with Crippen molar-refractivity contribution >= 4 is 5.91 Å². The summed E-state index contributed by atoms with van der Waals surface area (Å²) in [4.78, 5) is 14.7. The van der Waals surface area contributed by atoms with Gasteiger partial charge in [0, 0.05) is 6.54 Å². The molecule has 3 heteroatoms. The number of nitrogens with zero attached hydrogens (tertiary/aromatic N) is 1. The van der Waals surface area contributed by atoms with Crippen LogP contribution in [0.15, 0.2) is 24.3 Å². The molecule has 1 aliphatic heterocycles. The van der Waals surface area contributed by atoms with Crippen LogP contribution in [0.2, 0.25) is 0 Å². The van der Waals surface area contributed by atoms with Gasteiger partial charge in [0.15, 0.2) is 0 Å². The van der Waals surface area contributed by atoms with Gasteiger partial charge in [-0.05, 0) is 31.2 Å². The van der Waals surface area contributed by atoms with Crippen LogP contribution in [0, 0.1) is 12.8 Å². The molecule has 0 bridgehead atoms. The standard InChI is InChI=1S/C18H28N2O/c1-5-7-16-18(21)20(11-10-13(2)3)17(19-16)15-9-6-8-14(4)12-15/h6,8-9,12-13,16-17,19H,5,7,10-11H2,1-4H3. The summed E-state index contributed by atoms with van der Waals surface area (Å²) in [6.45, 7) is 9.48. The zero-order valence-electron chi connectivity index (χ0n) is 13.7. The summed E-state index contributed by atoms with van der Waals surface area (Å²) in [6, 6.07) is 8.45. The Morgan fingerprint density at radius 2 is 2.10 bits per heavy atom. The highest BCUT2D eigenvalue weighted by atomic mass is 16.2. The van der Waals surface area contributed by atoms with Gasteiger partial charge < -0.3 is 4.90 Å². The normalized spacial score (nSPS) is 22.3. The molecule has 0 spiro atoms. The fraction of sp³-hybridized carbons (Fsp3) is 0.611. The maximum absolute atomic E-state index is 12.6. The second-order valence-corrected chi connectivity index (χ2v) is 6.54. The molecule has 3 nitrogen and oxygen atoms in total. The number of carbonyl (C=O) groups excluding carboxylic acids is 1. The maximum atomic E-state index is 12.6. The highest BCUT2D eigenvalue weighted by Gasteiger charge is 2.38. The molecule has 1 N–H and O–H groups in total. The van der Waals surface area contributed by atoms with Crippen molar-refractivity contribution in [3.63, 3.8) is 0 Å². The van der Waals surface area contributed by atoms with Gasteiger partial charge in [0.1, 0.15) is 6.17 Å². The molecule has 1 fully saturated rings. The van der Waals surface area contributed by atoms with Gasteiger partial charge in [-0.2, -0.15) is 0 Å². The second-order valence-electron chi connectivity index (χ2n) is 6.54. The van der Waals surface area contributed by atoms with E-state index in [1.165, 1.54) is 11.1 Å². The van der Waals surface area contributed by atoms with Crippen molar-refractivity contribution in [3.8, 4) is 0 Å². The molecule has 2 atom stereocenters. The Kier molecular flexibility index (Phi) is 5.40. The first-order valence-electron chi connectivity index (χ1n) is 8.16. The summed E-state index contributed by atoms with van der Waals surface area (Å²) in [5.74, 6) is 0.880. The third-order valence-electron chi connectivity index (χ3n) is 4.13. The van der Waals surface area contributed by atoms with Crippen molar-refractivity contribution in [1.29, 1.82) is 0 Å². The molecule has 1 amide bonds. The molecule has 1 heterocycles. The average molecular weight is 288 g/mol. The van der Waals surface area contributed by atoms with Gasteiger partial charge in [0.2, 0.25) is 5.91 Å². The van der Waals surface area contributed by atoms with Crippen molar-refractivity contribution in [2.75, 3.05) is 6.54 Å². The summed E-state index contributed by atoms with van der Waals surface area (Å²) in [7, 11) is 0. The van der Waals surface area contributed by atoms with Gasteiger partial charge in [-0.15, -0.1) is 0 Å². The van der Waals surface area contributed by atoms with Crippen molar-refractivity contribution in [2.45, 2.75) is 59.2 Å². The number of benzene rings is 1. The van der Waals surface area contributed by atoms with E-state index >= 15 is 0 Å². The first kappa shape index (κ1) is 16.0. The van der Waals surface area contributed by atoms with Crippen LogP contribution in [0.5, 0.6) is 0 Å². The van der Waals surface area contributed by atoms with Crippen LogP contribution < -0.4 is 5.32 Å². The molecular weight excluding hydrogens is 260 g/mol. The minimum Gasteiger partial charge on any atom is -0.322 e. The molecule has 0 radical (unpaired) electrons. The quantitative estimate of drug-likeness (QED) is 0.866. The van der Waals surface area contributed by atoms with Crippen molar-refractivity contribution in [2.24, 2.45) is 5.92 Å². The Morgan fingerprint density at radius 1 is 1.33 bits per heavy atom. The van der Waals surface area contributed by atoms with Gasteiger partial charge in [-0.25, -0.2) is 0 Å². The number of aryl methyl sites for hydroxylation is 1. The smallest absolute Gasteiger partial charge is 0.241 e. The Balaban J connectivity index is 2.20. The van der Waals surface area contributed by atoms with E-state index in [0.717, 1.165) is 25.8 Å². The molecule has 1 aliphatic rings. The molecule has 0 aromatic heterocycles.